The SMILES string of the molecule is CCCC[C@@](C=O)(OCc1ccccc1)[C@H](OC=O)[C@@H](COC(=O)c1ccc(C)cc1)OC(=O)c1ccc(C)cc1. The largest absolute Gasteiger partial charge is 0.458 e. The molecule has 0 radical (unpaired) electrons. The second-order valence-electron chi connectivity index (χ2n) is 9.88. The lowest BCUT2D eigenvalue weighted by Crippen LogP contribution is -2.56. The minimum atomic E-state index is -1.69. The number of carbonyl (C=O) groups excluding carboxylic acids is 4. The van der Waals surface area contributed by atoms with Crippen LogP contribution in [0.2, 0.25) is 0 Å². The maximum atomic E-state index is 13.2. The van der Waals surface area contributed by atoms with Gasteiger partial charge in [-0.25, -0.2) is 9.59 Å². The van der Waals surface area contributed by atoms with Crippen LogP contribution in [-0.2, 0) is 35.1 Å². The summed E-state index contributed by atoms with van der Waals surface area (Å²) in [6.45, 7) is 5.44. The Balaban J connectivity index is 1.96. The van der Waals surface area contributed by atoms with Gasteiger partial charge < -0.3 is 18.9 Å². The summed E-state index contributed by atoms with van der Waals surface area (Å²) in [6.07, 6.45) is -0.756. The molecule has 0 saturated carbocycles. The number of hydrogen-bond donors (Lipinski definition) is 0. The van der Waals surface area contributed by atoms with Crippen LogP contribution in [0, 0.1) is 13.8 Å². The van der Waals surface area contributed by atoms with Crippen molar-refractivity contribution in [1.29, 1.82) is 0 Å². The number of unbranched alkanes of at least 4 members (excludes halogenated alkanes) is 1. The van der Waals surface area contributed by atoms with Gasteiger partial charge >= 0.3 is 11.9 Å². The molecule has 0 aliphatic rings. The molecule has 0 aliphatic carbocycles. The first-order valence-corrected chi connectivity index (χ1v) is 13.6. The molecule has 3 atom stereocenters. The fourth-order valence-corrected chi connectivity index (χ4v) is 4.29. The number of esters is 2. The number of rotatable bonds is 16. The molecule has 0 amide bonds. The molecule has 216 valence electrons. The van der Waals surface area contributed by atoms with Crippen molar-refractivity contribution in [2.24, 2.45) is 0 Å². The van der Waals surface area contributed by atoms with Crippen LogP contribution in [0.15, 0.2) is 78.9 Å². The average Bonchev–Trinajstić information content (AvgIpc) is 2.99. The molecule has 0 bridgehead atoms. The first-order valence-electron chi connectivity index (χ1n) is 13.6. The van der Waals surface area contributed by atoms with Crippen LogP contribution in [0.3, 0.4) is 0 Å². The number of carbonyl (C=O) groups is 4. The summed E-state index contributed by atoms with van der Waals surface area (Å²) in [6, 6.07) is 22.7. The van der Waals surface area contributed by atoms with Gasteiger partial charge in [-0.05, 0) is 50.1 Å². The second-order valence-corrected chi connectivity index (χ2v) is 9.88. The highest BCUT2D eigenvalue weighted by Gasteiger charge is 2.48. The summed E-state index contributed by atoms with van der Waals surface area (Å²) in [5.74, 6) is -1.40. The Hall–Kier alpha value is -4.30. The van der Waals surface area contributed by atoms with E-state index in [1.54, 1.807) is 48.5 Å². The predicted molar refractivity (Wildman–Crippen MR) is 152 cm³/mol. The monoisotopic (exact) mass is 560 g/mol. The third-order valence-electron chi connectivity index (χ3n) is 6.70. The van der Waals surface area contributed by atoms with Gasteiger partial charge in [0.15, 0.2) is 24.1 Å². The zero-order valence-electron chi connectivity index (χ0n) is 23.6. The lowest BCUT2D eigenvalue weighted by molar-refractivity contribution is -0.190. The predicted octanol–water partition coefficient (Wildman–Crippen LogP) is 5.57. The Morgan fingerprint density at radius 1 is 0.829 bits per heavy atom. The van der Waals surface area contributed by atoms with Crippen molar-refractivity contribution < 1.29 is 38.1 Å². The van der Waals surface area contributed by atoms with Crippen LogP contribution in [0.5, 0.6) is 0 Å². The molecular formula is C33H36O8. The van der Waals surface area contributed by atoms with Gasteiger partial charge in [-0.3, -0.25) is 9.59 Å². The first-order chi connectivity index (χ1) is 19.8. The minimum absolute atomic E-state index is 0.0315. The molecule has 0 aromatic heterocycles. The topological polar surface area (TPSA) is 105 Å². The molecular weight excluding hydrogens is 524 g/mol. The maximum Gasteiger partial charge on any atom is 0.338 e. The third-order valence-corrected chi connectivity index (χ3v) is 6.70. The maximum absolute atomic E-state index is 13.2. The third kappa shape index (κ3) is 8.85. The van der Waals surface area contributed by atoms with E-state index in [0.717, 1.165) is 16.7 Å². The van der Waals surface area contributed by atoms with E-state index in [0.29, 0.717) is 24.7 Å². The molecule has 8 heteroatoms. The van der Waals surface area contributed by atoms with Gasteiger partial charge in [0.2, 0.25) is 0 Å². The van der Waals surface area contributed by atoms with E-state index in [1.807, 2.05) is 51.1 Å². The fourth-order valence-electron chi connectivity index (χ4n) is 4.29. The lowest BCUT2D eigenvalue weighted by Gasteiger charge is -2.38. The zero-order chi connectivity index (χ0) is 29.7. The Morgan fingerprint density at radius 3 is 1.95 bits per heavy atom. The summed E-state index contributed by atoms with van der Waals surface area (Å²) < 4.78 is 23.0. The summed E-state index contributed by atoms with van der Waals surface area (Å²) >= 11 is 0. The summed E-state index contributed by atoms with van der Waals surface area (Å²) in [7, 11) is 0. The van der Waals surface area contributed by atoms with Gasteiger partial charge in [0.25, 0.3) is 6.47 Å². The van der Waals surface area contributed by atoms with Gasteiger partial charge in [-0.1, -0.05) is 85.5 Å². The van der Waals surface area contributed by atoms with Crippen LogP contribution >= 0.6 is 0 Å². The number of benzene rings is 3. The van der Waals surface area contributed by atoms with Crippen molar-refractivity contribution in [1.82, 2.24) is 0 Å². The van der Waals surface area contributed by atoms with Gasteiger partial charge in [0.05, 0.1) is 17.7 Å². The van der Waals surface area contributed by atoms with Crippen molar-refractivity contribution in [3.05, 3.63) is 107 Å². The van der Waals surface area contributed by atoms with Crippen molar-refractivity contribution in [2.75, 3.05) is 6.61 Å². The van der Waals surface area contributed by atoms with Gasteiger partial charge in [-0.2, -0.15) is 0 Å². The van der Waals surface area contributed by atoms with Gasteiger partial charge in [0.1, 0.15) is 6.61 Å². The van der Waals surface area contributed by atoms with Crippen molar-refractivity contribution in [3.63, 3.8) is 0 Å². The molecule has 0 aliphatic heterocycles. The molecule has 0 spiro atoms. The second kappa shape index (κ2) is 15.5. The highest BCUT2D eigenvalue weighted by atomic mass is 16.6. The van der Waals surface area contributed by atoms with E-state index in [-0.39, 0.29) is 25.1 Å². The van der Waals surface area contributed by atoms with Crippen LogP contribution in [0.25, 0.3) is 0 Å². The molecule has 0 fully saturated rings. The van der Waals surface area contributed by atoms with Crippen LogP contribution in [0.4, 0.5) is 0 Å². The molecule has 0 heterocycles. The van der Waals surface area contributed by atoms with Crippen LogP contribution < -0.4 is 0 Å². The van der Waals surface area contributed by atoms with Crippen LogP contribution in [0.1, 0.15) is 63.6 Å². The highest BCUT2D eigenvalue weighted by molar-refractivity contribution is 5.90. The number of aryl methyl sites for hydroxylation is 2. The molecule has 0 N–H and O–H groups in total. The molecule has 3 aromatic carbocycles. The quantitative estimate of drug-likeness (QED) is 0.127. The zero-order valence-corrected chi connectivity index (χ0v) is 23.6. The molecule has 0 saturated heterocycles. The van der Waals surface area contributed by atoms with Crippen LogP contribution in [-0.4, -0.2) is 49.1 Å². The molecule has 3 rings (SSSR count). The van der Waals surface area contributed by atoms with E-state index in [4.69, 9.17) is 18.9 Å². The smallest absolute Gasteiger partial charge is 0.338 e. The van der Waals surface area contributed by atoms with E-state index in [1.165, 1.54) is 0 Å². The van der Waals surface area contributed by atoms with E-state index in [9.17, 15) is 19.2 Å². The lowest BCUT2D eigenvalue weighted by atomic mass is 9.88. The van der Waals surface area contributed by atoms with Crippen molar-refractivity contribution in [3.8, 4) is 0 Å². The van der Waals surface area contributed by atoms with Gasteiger partial charge in [-0.15, -0.1) is 0 Å². The van der Waals surface area contributed by atoms with E-state index in [2.05, 4.69) is 0 Å². The minimum Gasteiger partial charge on any atom is -0.458 e. The number of ether oxygens (including phenoxy) is 4. The average molecular weight is 561 g/mol. The standard InChI is InChI=1S/C33H36O8/c1-4-5-19-33(22-34,40-20-26-9-7-6-8-10-26)30(39-23-35)29(41-32(37)28-17-13-25(3)14-18-28)21-38-31(36)27-15-11-24(2)12-16-27/h6-18,22-23,29-30H,4-5,19-21H2,1-3H3/t29-,30-,33+/m1/s1. The fraction of sp³-hybridized carbons (Fsp3) is 0.333. The first kappa shape index (κ1) is 31.2. The molecule has 41 heavy (non-hydrogen) atoms. The van der Waals surface area contributed by atoms with Crippen molar-refractivity contribution in [2.45, 2.75) is 64.4 Å². The summed E-state index contributed by atoms with van der Waals surface area (Å²) in [5, 5.41) is 0. The number of hydrogen-bond acceptors (Lipinski definition) is 8. The Kier molecular flexibility index (Phi) is 11.8. The van der Waals surface area contributed by atoms with Gasteiger partial charge in [0, 0.05) is 0 Å². The molecule has 0 unspecified atom stereocenters. The Morgan fingerprint density at radius 2 is 1.41 bits per heavy atom. The van der Waals surface area contributed by atoms with E-state index >= 15 is 0 Å². The molecule has 8 nitrogen and oxygen atoms in total. The van der Waals surface area contributed by atoms with Crippen molar-refractivity contribution >= 4 is 24.7 Å². The Bertz CT molecular complexity index is 1270. The number of aldehydes is 1. The normalized spacial score (nSPS) is 13.7. The summed E-state index contributed by atoms with van der Waals surface area (Å²) in [4.78, 5) is 50.6. The molecule has 3 aromatic rings. The summed E-state index contributed by atoms with van der Waals surface area (Å²) in [5.41, 5.74) is 1.54. The highest BCUT2D eigenvalue weighted by Crippen LogP contribution is 2.30. The van der Waals surface area contributed by atoms with E-state index < -0.39 is 36.4 Å². The Labute approximate surface area is 240 Å².